The molecule has 84 valence electrons. The first kappa shape index (κ1) is 11.9. The Morgan fingerprint density at radius 2 is 1.93 bits per heavy atom. The maximum Gasteiger partial charge on any atom is 0.149 e. The second-order valence-electron chi connectivity index (χ2n) is 4.57. The van der Waals surface area contributed by atoms with Crippen molar-refractivity contribution in [3.05, 3.63) is 17.8 Å². The lowest BCUT2D eigenvalue weighted by Crippen LogP contribution is -2.27. The maximum atomic E-state index is 4.13. The Bertz CT molecular complexity index is 286. The highest BCUT2D eigenvalue weighted by Gasteiger charge is 2.09. The van der Waals surface area contributed by atoms with Crippen molar-refractivity contribution in [3.8, 4) is 0 Å². The molecule has 0 spiro atoms. The molecule has 0 amide bonds. The standard InChI is InChI=1S/C11H20N4/c1-5-12-8-9-6-7-10(15-14-9)13-11(2,3)4/h6-7,12H,5,8H2,1-4H3,(H,13,15). The van der Waals surface area contributed by atoms with Crippen LogP contribution in [-0.2, 0) is 6.54 Å². The lowest BCUT2D eigenvalue weighted by atomic mass is 10.1. The molecule has 0 saturated heterocycles. The van der Waals surface area contributed by atoms with Crippen LogP contribution in [0.25, 0.3) is 0 Å². The van der Waals surface area contributed by atoms with Crippen molar-refractivity contribution in [2.24, 2.45) is 0 Å². The first-order chi connectivity index (χ1) is 7.01. The summed E-state index contributed by atoms with van der Waals surface area (Å²) in [6, 6.07) is 3.95. The van der Waals surface area contributed by atoms with E-state index in [0.717, 1.165) is 24.6 Å². The largest absolute Gasteiger partial charge is 0.364 e. The molecule has 4 heteroatoms. The molecule has 0 fully saturated rings. The third kappa shape index (κ3) is 4.74. The molecule has 4 nitrogen and oxygen atoms in total. The van der Waals surface area contributed by atoms with Gasteiger partial charge in [0, 0.05) is 12.1 Å². The zero-order chi connectivity index (χ0) is 11.3. The normalized spacial score (nSPS) is 11.5. The molecule has 1 rings (SSSR count). The summed E-state index contributed by atoms with van der Waals surface area (Å²) < 4.78 is 0. The summed E-state index contributed by atoms with van der Waals surface area (Å²) >= 11 is 0. The minimum atomic E-state index is 0.0257. The fraction of sp³-hybridized carbons (Fsp3) is 0.636. The molecule has 0 aromatic carbocycles. The van der Waals surface area contributed by atoms with Gasteiger partial charge in [0.25, 0.3) is 0 Å². The van der Waals surface area contributed by atoms with Crippen LogP contribution in [0.5, 0.6) is 0 Å². The third-order valence-corrected chi connectivity index (χ3v) is 1.78. The Labute approximate surface area is 91.5 Å². The van der Waals surface area contributed by atoms with Gasteiger partial charge in [-0.3, -0.25) is 0 Å². The number of nitrogens with zero attached hydrogens (tertiary/aromatic N) is 2. The van der Waals surface area contributed by atoms with Crippen molar-refractivity contribution >= 4 is 5.82 Å². The molecule has 0 aliphatic rings. The Morgan fingerprint density at radius 1 is 1.20 bits per heavy atom. The van der Waals surface area contributed by atoms with Gasteiger partial charge in [-0.2, -0.15) is 5.10 Å². The van der Waals surface area contributed by atoms with Crippen LogP contribution in [0.15, 0.2) is 12.1 Å². The molecule has 1 aromatic rings. The molecule has 0 aliphatic carbocycles. The molecule has 0 saturated carbocycles. The van der Waals surface area contributed by atoms with Crippen molar-refractivity contribution in [2.45, 2.75) is 39.8 Å². The van der Waals surface area contributed by atoms with E-state index in [9.17, 15) is 0 Å². The van der Waals surface area contributed by atoms with Gasteiger partial charge in [-0.15, -0.1) is 5.10 Å². The molecule has 0 radical (unpaired) electrons. The van der Waals surface area contributed by atoms with Crippen molar-refractivity contribution in [2.75, 3.05) is 11.9 Å². The van der Waals surface area contributed by atoms with Crippen LogP contribution in [0.1, 0.15) is 33.4 Å². The molecular formula is C11H20N4. The highest BCUT2D eigenvalue weighted by molar-refractivity contribution is 5.35. The molecule has 2 N–H and O–H groups in total. The van der Waals surface area contributed by atoms with E-state index in [1.165, 1.54) is 0 Å². The highest BCUT2D eigenvalue weighted by atomic mass is 15.2. The van der Waals surface area contributed by atoms with Crippen LogP contribution in [0.2, 0.25) is 0 Å². The monoisotopic (exact) mass is 208 g/mol. The minimum Gasteiger partial charge on any atom is -0.364 e. The summed E-state index contributed by atoms with van der Waals surface area (Å²) in [7, 11) is 0. The Hall–Kier alpha value is -1.16. The van der Waals surface area contributed by atoms with Crippen LogP contribution in [-0.4, -0.2) is 22.3 Å². The zero-order valence-corrected chi connectivity index (χ0v) is 9.96. The van der Waals surface area contributed by atoms with Crippen molar-refractivity contribution in [3.63, 3.8) is 0 Å². The van der Waals surface area contributed by atoms with Gasteiger partial charge in [-0.1, -0.05) is 6.92 Å². The van der Waals surface area contributed by atoms with Crippen molar-refractivity contribution in [1.82, 2.24) is 15.5 Å². The van der Waals surface area contributed by atoms with Crippen LogP contribution in [0.4, 0.5) is 5.82 Å². The van der Waals surface area contributed by atoms with Crippen LogP contribution >= 0.6 is 0 Å². The van der Waals surface area contributed by atoms with E-state index in [-0.39, 0.29) is 5.54 Å². The fourth-order valence-corrected chi connectivity index (χ4v) is 1.16. The summed E-state index contributed by atoms with van der Waals surface area (Å²) in [5.74, 6) is 0.822. The van der Waals surface area contributed by atoms with Crippen LogP contribution in [0.3, 0.4) is 0 Å². The summed E-state index contributed by atoms with van der Waals surface area (Å²) in [5.41, 5.74) is 0.994. The van der Waals surface area contributed by atoms with Crippen LogP contribution in [0, 0.1) is 0 Å². The molecule has 0 unspecified atom stereocenters. The highest BCUT2D eigenvalue weighted by Crippen LogP contribution is 2.10. The van der Waals surface area contributed by atoms with Gasteiger partial charge in [0.15, 0.2) is 0 Å². The second-order valence-corrected chi connectivity index (χ2v) is 4.57. The van der Waals surface area contributed by atoms with Gasteiger partial charge in [0.05, 0.1) is 5.69 Å². The molecule has 1 aromatic heterocycles. The van der Waals surface area contributed by atoms with Gasteiger partial charge < -0.3 is 10.6 Å². The molecule has 0 atom stereocenters. The topological polar surface area (TPSA) is 49.8 Å². The lowest BCUT2D eigenvalue weighted by molar-refractivity contribution is 0.626. The number of hydrogen-bond acceptors (Lipinski definition) is 4. The number of rotatable bonds is 4. The van der Waals surface area contributed by atoms with Gasteiger partial charge >= 0.3 is 0 Å². The molecule has 1 heterocycles. The van der Waals surface area contributed by atoms with E-state index in [2.05, 4.69) is 48.5 Å². The predicted molar refractivity (Wildman–Crippen MR) is 62.8 cm³/mol. The smallest absolute Gasteiger partial charge is 0.149 e. The summed E-state index contributed by atoms with van der Waals surface area (Å²) in [6.07, 6.45) is 0. The number of hydrogen-bond donors (Lipinski definition) is 2. The lowest BCUT2D eigenvalue weighted by Gasteiger charge is -2.20. The maximum absolute atomic E-state index is 4.13. The van der Waals surface area contributed by atoms with Crippen molar-refractivity contribution in [1.29, 1.82) is 0 Å². The third-order valence-electron chi connectivity index (χ3n) is 1.78. The molecule has 15 heavy (non-hydrogen) atoms. The van der Waals surface area contributed by atoms with Crippen molar-refractivity contribution < 1.29 is 0 Å². The van der Waals surface area contributed by atoms with E-state index in [1.807, 2.05) is 12.1 Å². The number of nitrogens with one attached hydrogen (secondary N) is 2. The van der Waals surface area contributed by atoms with Gasteiger partial charge in [0.2, 0.25) is 0 Å². The average molecular weight is 208 g/mol. The Kier molecular flexibility index (Phi) is 4.03. The quantitative estimate of drug-likeness (QED) is 0.792. The first-order valence-electron chi connectivity index (χ1n) is 5.33. The second kappa shape index (κ2) is 5.07. The van der Waals surface area contributed by atoms with Gasteiger partial charge in [-0.25, -0.2) is 0 Å². The number of aromatic nitrogens is 2. The van der Waals surface area contributed by atoms with E-state index in [4.69, 9.17) is 0 Å². The summed E-state index contributed by atoms with van der Waals surface area (Å²) in [6.45, 7) is 10.1. The fourth-order valence-electron chi connectivity index (χ4n) is 1.16. The van der Waals surface area contributed by atoms with Crippen LogP contribution < -0.4 is 10.6 Å². The summed E-state index contributed by atoms with van der Waals surface area (Å²) in [4.78, 5) is 0. The van der Waals surface area contributed by atoms with E-state index >= 15 is 0 Å². The van der Waals surface area contributed by atoms with E-state index in [1.54, 1.807) is 0 Å². The Balaban J connectivity index is 2.56. The summed E-state index contributed by atoms with van der Waals surface area (Å²) in [5, 5.41) is 14.7. The minimum absolute atomic E-state index is 0.0257. The Morgan fingerprint density at radius 3 is 2.40 bits per heavy atom. The SMILES string of the molecule is CCNCc1ccc(NC(C)(C)C)nn1. The molecular weight excluding hydrogens is 188 g/mol. The zero-order valence-electron chi connectivity index (χ0n) is 9.96. The predicted octanol–water partition coefficient (Wildman–Crippen LogP) is 1.80. The van der Waals surface area contributed by atoms with E-state index in [0.29, 0.717) is 0 Å². The van der Waals surface area contributed by atoms with Gasteiger partial charge in [0.1, 0.15) is 5.82 Å². The first-order valence-corrected chi connectivity index (χ1v) is 5.33. The average Bonchev–Trinajstić information content (AvgIpc) is 2.14. The molecule has 0 aliphatic heterocycles. The van der Waals surface area contributed by atoms with Gasteiger partial charge in [-0.05, 0) is 39.4 Å². The molecule has 0 bridgehead atoms. The van der Waals surface area contributed by atoms with E-state index < -0.39 is 0 Å². The number of anilines is 1.